The number of nitrogens with one attached hydrogen (secondary N) is 1. The fraction of sp³-hybridized carbons (Fsp3) is 0.0625. The van der Waals surface area contributed by atoms with Gasteiger partial charge in [0.15, 0.2) is 0 Å². The van der Waals surface area contributed by atoms with E-state index in [1.165, 1.54) is 37.4 Å². The fourth-order valence-corrected chi connectivity index (χ4v) is 1.94. The Morgan fingerprint density at radius 3 is 2.64 bits per heavy atom. The van der Waals surface area contributed by atoms with E-state index >= 15 is 0 Å². The number of nitro groups is 1. The molecule has 1 amide bonds. The van der Waals surface area contributed by atoms with Crippen molar-refractivity contribution in [3.05, 3.63) is 69.8 Å². The van der Waals surface area contributed by atoms with Crippen molar-refractivity contribution in [1.82, 2.24) is 5.43 Å². The van der Waals surface area contributed by atoms with E-state index < -0.39 is 10.8 Å². The number of carbonyl (C=O) groups excluding carboxylic acids is 1. The van der Waals surface area contributed by atoms with Gasteiger partial charge in [-0.15, -0.1) is 0 Å². The molecule has 0 aliphatic rings. The Labute approximate surface area is 142 Å². The summed E-state index contributed by atoms with van der Waals surface area (Å²) in [5.74, 6) is -0.0133. The van der Waals surface area contributed by atoms with Crippen molar-refractivity contribution in [2.45, 2.75) is 0 Å². The Hall–Kier alpha value is -3.75. The van der Waals surface area contributed by atoms with Crippen molar-refractivity contribution in [2.24, 2.45) is 10.3 Å². The summed E-state index contributed by atoms with van der Waals surface area (Å²) in [5.41, 5.74) is 2.80. The fourth-order valence-electron chi connectivity index (χ4n) is 1.94. The van der Waals surface area contributed by atoms with Crippen LogP contribution in [0.2, 0.25) is 0 Å². The van der Waals surface area contributed by atoms with E-state index in [0.717, 1.165) is 6.21 Å². The van der Waals surface area contributed by atoms with Crippen LogP contribution < -0.4 is 10.2 Å². The monoisotopic (exact) mass is 342 g/mol. The third-order valence-electron chi connectivity index (χ3n) is 3.14. The van der Waals surface area contributed by atoms with Gasteiger partial charge in [-0.25, -0.2) is 5.43 Å². The predicted molar refractivity (Wildman–Crippen MR) is 90.4 cm³/mol. The van der Waals surface area contributed by atoms with E-state index in [1.54, 1.807) is 18.2 Å². The minimum Gasteiger partial charge on any atom is -0.497 e. The SMILES string of the molecule is COc1cccc(C(=O)NN=C(C=NO)c2cccc([N+](=O)[O-])c2)c1. The zero-order valence-corrected chi connectivity index (χ0v) is 13.1. The molecular formula is C16H14N4O5. The first-order chi connectivity index (χ1) is 12.0. The molecule has 0 bridgehead atoms. The van der Waals surface area contributed by atoms with Crippen LogP contribution in [0.1, 0.15) is 15.9 Å². The highest BCUT2D eigenvalue weighted by Crippen LogP contribution is 2.14. The van der Waals surface area contributed by atoms with E-state index in [-0.39, 0.29) is 11.4 Å². The maximum Gasteiger partial charge on any atom is 0.271 e. The van der Waals surface area contributed by atoms with Crippen LogP contribution in [-0.4, -0.2) is 35.1 Å². The lowest BCUT2D eigenvalue weighted by Gasteiger charge is -2.05. The lowest BCUT2D eigenvalue weighted by molar-refractivity contribution is -0.384. The van der Waals surface area contributed by atoms with Crippen molar-refractivity contribution in [1.29, 1.82) is 0 Å². The molecule has 2 N–H and O–H groups in total. The highest BCUT2D eigenvalue weighted by Gasteiger charge is 2.11. The minimum absolute atomic E-state index is 0.0439. The molecule has 0 aromatic heterocycles. The van der Waals surface area contributed by atoms with Crippen LogP contribution in [0.4, 0.5) is 5.69 Å². The second kappa shape index (κ2) is 8.20. The molecule has 0 spiro atoms. The van der Waals surface area contributed by atoms with Crippen LogP contribution in [0.25, 0.3) is 0 Å². The van der Waals surface area contributed by atoms with Gasteiger partial charge in [0.1, 0.15) is 11.5 Å². The van der Waals surface area contributed by atoms with Crippen LogP contribution in [-0.2, 0) is 0 Å². The van der Waals surface area contributed by atoms with Gasteiger partial charge in [0.25, 0.3) is 11.6 Å². The maximum atomic E-state index is 12.1. The first-order valence-electron chi connectivity index (χ1n) is 6.99. The molecule has 0 saturated heterocycles. The van der Waals surface area contributed by atoms with Crippen LogP contribution in [0, 0.1) is 10.1 Å². The Morgan fingerprint density at radius 2 is 1.96 bits per heavy atom. The number of benzene rings is 2. The molecule has 0 saturated carbocycles. The van der Waals surface area contributed by atoms with Gasteiger partial charge >= 0.3 is 0 Å². The van der Waals surface area contributed by atoms with E-state index in [0.29, 0.717) is 16.9 Å². The topological polar surface area (TPSA) is 126 Å². The summed E-state index contributed by atoms with van der Waals surface area (Å²) in [5, 5.41) is 26.3. The Bertz CT molecular complexity index is 848. The highest BCUT2D eigenvalue weighted by atomic mass is 16.6. The molecule has 0 aliphatic heterocycles. The first kappa shape index (κ1) is 17.6. The number of ether oxygens (including phenoxy) is 1. The van der Waals surface area contributed by atoms with Crippen molar-refractivity contribution in [3.8, 4) is 5.75 Å². The molecule has 9 heteroatoms. The van der Waals surface area contributed by atoms with Crippen molar-refractivity contribution < 1.29 is 19.7 Å². The summed E-state index contributed by atoms with van der Waals surface area (Å²) in [7, 11) is 1.48. The number of oxime groups is 1. The summed E-state index contributed by atoms with van der Waals surface area (Å²) < 4.78 is 5.04. The van der Waals surface area contributed by atoms with Crippen molar-refractivity contribution in [3.63, 3.8) is 0 Å². The van der Waals surface area contributed by atoms with Crippen molar-refractivity contribution >= 4 is 23.5 Å². The van der Waals surface area contributed by atoms with Gasteiger partial charge in [-0.1, -0.05) is 23.4 Å². The van der Waals surface area contributed by atoms with E-state index in [2.05, 4.69) is 15.7 Å². The number of rotatable bonds is 6. The molecule has 2 rings (SSSR count). The lowest BCUT2D eigenvalue weighted by atomic mass is 10.1. The second-order valence-electron chi connectivity index (χ2n) is 4.72. The molecule has 25 heavy (non-hydrogen) atoms. The zero-order chi connectivity index (χ0) is 18.2. The number of hydrazone groups is 1. The first-order valence-corrected chi connectivity index (χ1v) is 6.99. The Morgan fingerprint density at radius 1 is 1.24 bits per heavy atom. The normalized spacial score (nSPS) is 11.3. The third kappa shape index (κ3) is 4.61. The summed E-state index contributed by atoms with van der Waals surface area (Å²) >= 11 is 0. The van der Waals surface area contributed by atoms with E-state index in [4.69, 9.17) is 9.94 Å². The summed E-state index contributed by atoms with van der Waals surface area (Å²) in [6.07, 6.45) is 0.963. The van der Waals surface area contributed by atoms with Gasteiger partial charge in [0.05, 0.1) is 18.2 Å². The molecule has 0 heterocycles. The van der Waals surface area contributed by atoms with E-state index in [9.17, 15) is 14.9 Å². The number of amides is 1. The Balaban J connectivity index is 2.26. The zero-order valence-electron chi connectivity index (χ0n) is 13.1. The molecule has 0 fully saturated rings. The molecular weight excluding hydrogens is 328 g/mol. The molecule has 0 aliphatic carbocycles. The number of hydrogen-bond donors (Lipinski definition) is 2. The Kier molecular flexibility index (Phi) is 5.77. The number of nitro benzene ring substituents is 1. The van der Waals surface area contributed by atoms with Crippen LogP contribution >= 0.6 is 0 Å². The van der Waals surface area contributed by atoms with Crippen molar-refractivity contribution in [2.75, 3.05) is 7.11 Å². The molecule has 9 nitrogen and oxygen atoms in total. The average molecular weight is 342 g/mol. The molecule has 0 atom stereocenters. The van der Waals surface area contributed by atoms with Gasteiger partial charge in [-0.05, 0) is 18.2 Å². The van der Waals surface area contributed by atoms with Crippen LogP contribution in [0.15, 0.2) is 58.8 Å². The van der Waals surface area contributed by atoms with Gasteiger partial charge in [-0.2, -0.15) is 5.10 Å². The molecule has 128 valence electrons. The minimum atomic E-state index is -0.563. The number of methoxy groups -OCH3 is 1. The number of nitrogens with zero attached hydrogens (tertiary/aromatic N) is 3. The quantitative estimate of drug-likeness (QED) is 0.360. The standard InChI is InChI=1S/C16H14N4O5/c1-25-14-7-3-5-12(9-14)16(21)19-18-15(10-17-22)11-4-2-6-13(8-11)20(23)24/h2-10,22H,1H3,(H,19,21). The molecule has 0 radical (unpaired) electrons. The summed E-state index contributed by atoms with van der Waals surface area (Å²) in [4.78, 5) is 22.4. The average Bonchev–Trinajstić information content (AvgIpc) is 2.65. The van der Waals surface area contributed by atoms with E-state index in [1.807, 2.05) is 0 Å². The van der Waals surface area contributed by atoms with Gasteiger partial charge < -0.3 is 9.94 Å². The second-order valence-corrected chi connectivity index (χ2v) is 4.72. The molecule has 0 unspecified atom stereocenters. The molecule has 2 aromatic rings. The van der Waals surface area contributed by atoms with Gasteiger partial charge in [-0.3, -0.25) is 14.9 Å². The van der Waals surface area contributed by atoms with Crippen LogP contribution in [0.3, 0.4) is 0 Å². The summed E-state index contributed by atoms with van der Waals surface area (Å²) in [6, 6.07) is 12.0. The smallest absolute Gasteiger partial charge is 0.271 e. The predicted octanol–water partition coefficient (Wildman–Crippen LogP) is 2.20. The third-order valence-corrected chi connectivity index (χ3v) is 3.14. The number of carbonyl (C=O) groups is 1. The number of hydrogen-bond acceptors (Lipinski definition) is 7. The van der Waals surface area contributed by atoms with Gasteiger partial charge in [0.2, 0.25) is 0 Å². The van der Waals surface area contributed by atoms with Crippen LogP contribution in [0.5, 0.6) is 5.75 Å². The molecule has 2 aromatic carbocycles. The lowest BCUT2D eigenvalue weighted by Crippen LogP contribution is -2.20. The largest absolute Gasteiger partial charge is 0.497 e. The van der Waals surface area contributed by atoms with Gasteiger partial charge in [0, 0.05) is 23.3 Å². The highest BCUT2D eigenvalue weighted by molar-refractivity contribution is 6.38. The number of non-ortho nitro benzene ring substituents is 1. The maximum absolute atomic E-state index is 12.1. The summed E-state index contributed by atoms with van der Waals surface area (Å²) in [6.45, 7) is 0.